The van der Waals surface area contributed by atoms with Crippen molar-refractivity contribution in [3.63, 3.8) is 0 Å². The van der Waals surface area contributed by atoms with Gasteiger partial charge in [-0.3, -0.25) is 9.59 Å². The van der Waals surface area contributed by atoms with Crippen molar-refractivity contribution in [1.29, 1.82) is 0 Å². The molecule has 0 radical (unpaired) electrons. The molecule has 31 heavy (non-hydrogen) atoms. The third kappa shape index (κ3) is 5.20. The van der Waals surface area contributed by atoms with Gasteiger partial charge in [-0.2, -0.15) is 4.99 Å². The molecule has 1 heterocycles. The van der Waals surface area contributed by atoms with Crippen molar-refractivity contribution in [2.24, 2.45) is 4.99 Å². The maximum atomic E-state index is 12.6. The van der Waals surface area contributed by atoms with Crippen LogP contribution in [0.15, 0.2) is 46.3 Å². The number of sulfone groups is 1. The Bertz CT molecular complexity index is 1340. The summed E-state index contributed by atoms with van der Waals surface area (Å²) < 4.78 is 35.9. The van der Waals surface area contributed by atoms with Crippen LogP contribution in [0.4, 0.5) is 0 Å². The third-order valence-corrected chi connectivity index (χ3v) is 6.78. The molecule has 0 bridgehead atoms. The Morgan fingerprint density at radius 2 is 1.87 bits per heavy atom. The molecule has 0 aliphatic rings. The van der Waals surface area contributed by atoms with Crippen LogP contribution in [-0.2, 0) is 37.1 Å². The van der Waals surface area contributed by atoms with Crippen molar-refractivity contribution in [1.82, 2.24) is 4.57 Å². The van der Waals surface area contributed by atoms with E-state index in [4.69, 9.17) is 9.47 Å². The normalized spacial score (nSPS) is 12.2. The molecule has 0 saturated heterocycles. The summed E-state index contributed by atoms with van der Waals surface area (Å²) in [5, 5.41) is 0. The molecule has 3 rings (SSSR count). The molecule has 0 aliphatic carbocycles. The summed E-state index contributed by atoms with van der Waals surface area (Å²) in [6, 6.07) is 10.0. The summed E-state index contributed by atoms with van der Waals surface area (Å²) in [5.74, 6) is -0.167. The molecule has 0 unspecified atom stereocenters. The lowest BCUT2D eigenvalue weighted by Gasteiger charge is -2.06. The van der Waals surface area contributed by atoms with Crippen LogP contribution in [0.1, 0.15) is 11.1 Å². The molecular weight excluding hydrogens is 440 g/mol. The summed E-state index contributed by atoms with van der Waals surface area (Å²) in [7, 11) is -0.548. The lowest BCUT2D eigenvalue weighted by atomic mass is 10.1. The minimum absolute atomic E-state index is 0.0753. The van der Waals surface area contributed by atoms with Crippen molar-refractivity contribution >= 4 is 43.3 Å². The second-order valence-corrected chi connectivity index (χ2v) is 9.96. The number of nitrogens with zero attached hydrogens (tertiary/aromatic N) is 2. The number of hydrogen-bond donors (Lipinski definition) is 0. The smallest absolute Gasteiger partial charge is 0.325 e. The number of ether oxygens (including phenoxy) is 2. The lowest BCUT2D eigenvalue weighted by molar-refractivity contribution is -0.141. The van der Waals surface area contributed by atoms with E-state index >= 15 is 0 Å². The number of carbonyl (C=O) groups excluding carboxylic acids is 2. The Kier molecular flexibility index (Phi) is 6.61. The Hall–Kier alpha value is -2.98. The van der Waals surface area contributed by atoms with E-state index in [2.05, 4.69) is 4.99 Å². The summed E-state index contributed by atoms with van der Waals surface area (Å²) in [6.07, 6.45) is 1.20. The summed E-state index contributed by atoms with van der Waals surface area (Å²) in [5.41, 5.74) is 2.28. The van der Waals surface area contributed by atoms with Gasteiger partial charge >= 0.3 is 5.97 Å². The summed E-state index contributed by atoms with van der Waals surface area (Å²) >= 11 is 1.14. The fourth-order valence-corrected chi connectivity index (χ4v) is 4.89. The zero-order valence-electron chi connectivity index (χ0n) is 17.5. The van der Waals surface area contributed by atoms with Crippen molar-refractivity contribution in [3.8, 4) is 5.75 Å². The first kappa shape index (κ1) is 22.7. The van der Waals surface area contributed by atoms with Gasteiger partial charge in [-0.05, 0) is 42.3 Å². The van der Waals surface area contributed by atoms with Crippen molar-refractivity contribution in [2.45, 2.75) is 24.8 Å². The fourth-order valence-electron chi connectivity index (χ4n) is 3.09. The van der Waals surface area contributed by atoms with E-state index in [1.807, 2.05) is 13.0 Å². The molecule has 0 atom stereocenters. The van der Waals surface area contributed by atoms with Gasteiger partial charge in [0, 0.05) is 6.26 Å². The largest absolute Gasteiger partial charge is 0.496 e. The number of amides is 1. The van der Waals surface area contributed by atoms with E-state index in [-0.39, 0.29) is 17.9 Å². The average molecular weight is 463 g/mol. The Balaban J connectivity index is 2.04. The zero-order chi connectivity index (χ0) is 22.8. The van der Waals surface area contributed by atoms with E-state index in [1.54, 1.807) is 29.9 Å². The highest BCUT2D eigenvalue weighted by Gasteiger charge is 2.15. The number of fused-ring (bicyclic) bond motifs is 1. The van der Waals surface area contributed by atoms with Gasteiger partial charge in [-0.15, -0.1) is 0 Å². The summed E-state index contributed by atoms with van der Waals surface area (Å²) in [4.78, 5) is 29.2. The minimum Gasteiger partial charge on any atom is -0.496 e. The van der Waals surface area contributed by atoms with Crippen LogP contribution in [0.2, 0.25) is 0 Å². The number of aromatic nitrogens is 1. The van der Waals surface area contributed by atoms with Crippen LogP contribution in [0.5, 0.6) is 5.75 Å². The van der Waals surface area contributed by atoms with Crippen molar-refractivity contribution in [3.05, 3.63) is 52.3 Å². The number of benzene rings is 2. The van der Waals surface area contributed by atoms with Crippen molar-refractivity contribution < 1.29 is 27.5 Å². The molecule has 0 aliphatic heterocycles. The maximum absolute atomic E-state index is 12.6. The molecule has 10 heteroatoms. The predicted molar refractivity (Wildman–Crippen MR) is 117 cm³/mol. The highest BCUT2D eigenvalue weighted by atomic mass is 32.2. The number of carbonyl (C=O) groups is 2. The quantitative estimate of drug-likeness (QED) is 0.521. The van der Waals surface area contributed by atoms with E-state index < -0.39 is 21.7 Å². The molecule has 0 N–H and O–H groups in total. The second kappa shape index (κ2) is 9.03. The van der Waals surface area contributed by atoms with Gasteiger partial charge in [0.1, 0.15) is 12.3 Å². The Morgan fingerprint density at radius 3 is 2.48 bits per heavy atom. The molecule has 2 aromatic carbocycles. The van der Waals surface area contributed by atoms with E-state index in [1.165, 1.54) is 19.2 Å². The number of esters is 1. The van der Waals surface area contributed by atoms with Crippen LogP contribution >= 0.6 is 11.3 Å². The highest BCUT2D eigenvalue weighted by Crippen LogP contribution is 2.22. The average Bonchev–Trinajstić information content (AvgIpc) is 3.03. The number of hydrogen-bond acceptors (Lipinski definition) is 7. The number of rotatable bonds is 6. The first-order chi connectivity index (χ1) is 14.6. The minimum atomic E-state index is -3.40. The Labute approximate surface area is 183 Å². The first-order valence-electron chi connectivity index (χ1n) is 9.23. The van der Waals surface area contributed by atoms with Gasteiger partial charge < -0.3 is 14.0 Å². The van der Waals surface area contributed by atoms with E-state index in [9.17, 15) is 18.0 Å². The maximum Gasteiger partial charge on any atom is 0.325 e. The molecule has 0 fully saturated rings. The van der Waals surface area contributed by atoms with Gasteiger partial charge in [0.15, 0.2) is 14.6 Å². The molecule has 164 valence electrons. The van der Waals surface area contributed by atoms with Gasteiger partial charge in [0.25, 0.3) is 5.91 Å². The predicted octanol–water partition coefficient (Wildman–Crippen LogP) is 2.27. The molecule has 0 spiro atoms. The standard InChI is InChI=1S/C21H22N2O6S2/c1-13-9-14(5-8-17(13)28-2)10-19(24)22-21-23(12-20(25)29-3)16-7-6-15(31(4,26)27)11-18(16)30-21/h5-9,11H,10,12H2,1-4H3. The molecular formula is C21H22N2O6S2. The van der Waals surface area contributed by atoms with Crippen LogP contribution < -0.4 is 9.54 Å². The second-order valence-electron chi connectivity index (χ2n) is 6.93. The molecule has 1 aromatic heterocycles. The van der Waals surface area contributed by atoms with Crippen LogP contribution in [0.25, 0.3) is 10.2 Å². The third-order valence-electron chi connectivity index (χ3n) is 4.63. The van der Waals surface area contributed by atoms with Crippen molar-refractivity contribution in [2.75, 3.05) is 20.5 Å². The molecule has 8 nitrogen and oxygen atoms in total. The monoisotopic (exact) mass is 462 g/mol. The Morgan fingerprint density at radius 1 is 1.13 bits per heavy atom. The highest BCUT2D eigenvalue weighted by molar-refractivity contribution is 7.90. The SMILES string of the molecule is COC(=O)Cn1c(=NC(=O)Cc2ccc(OC)c(C)c2)sc2cc(S(C)(=O)=O)ccc21. The lowest BCUT2D eigenvalue weighted by Crippen LogP contribution is -2.22. The van der Waals surface area contributed by atoms with Gasteiger partial charge in [0.05, 0.1) is 35.8 Å². The number of thiazole rings is 1. The number of aryl methyl sites for hydroxylation is 1. The summed E-state index contributed by atoms with van der Waals surface area (Å²) in [6.45, 7) is 1.74. The zero-order valence-corrected chi connectivity index (χ0v) is 19.2. The molecule has 3 aromatic rings. The van der Waals surface area contributed by atoms with E-state index in [0.29, 0.717) is 15.0 Å². The first-order valence-corrected chi connectivity index (χ1v) is 11.9. The van der Waals surface area contributed by atoms with Crippen LogP contribution in [0.3, 0.4) is 0 Å². The topological polar surface area (TPSA) is 104 Å². The molecule has 1 amide bonds. The molecule has 0 saturated carbocycles. The fraction of sp³-hybridized carbons (Fsp3) is 0.286. The van der Waals surface area contributed by atoms with Gasteiger partial charge in [-0.25, -0.2) is 8.42 Å². The number of methoxy groups -OCH3 is 2. The van der Waals surface area contributed by atoms with Crippen LogP contribution in [0, 0.1) is 6.92 Å². The van der Waals surface area contributed by atoms with E-state index in [0.717, 1.165) is 34.5 Å². The van der Waals surface area contributed by atoms with Gasteiger partial charge in [-0.1, -0.05) is 23.5 Å². The van der Waals surface area contributed by atoms with Gasteiger partial charge in [0.2, 0.25) is 0 Å². The van der Waals surface area contributed by atoms with Crippen LogP contribution in [-0.4, -0.2) is 45.3 Å².